The summed E-state index contributed by atoms with van der Waals surface area (Å²) in [5.74, 6) is 0.793. The SMILES string of the molecule is Cc1ccc(-c2nsc(NC(C)(C)C)n2)cc1. The van der Waals surface area contributed by atoms with Gasteiger partial charge in [0.15, 0.2) is 5.82 Å². The molecular formula is C13H17N3S. The van der Waals surface area contributed by atoms with Gasteiger partial charge >= 0.3 is 0 Å². The van der Waals surface area contributed by atoms with Gasteiger partial charge in [0.1, 0.15) is 0 Å². The highest BCUT2D eigenvalue weighted by molar-refractivity contribution is 7.09. The molecule has 3 nitrogen and oxygen atoms in total. The van der Waals surface area contributed by atoms with Crippen molar-refractivity contribution >= 4 is 16.7 Å². The molecule has 2 rings (SSSR count). The van der Waals surface area contributed by atoms with Gasteiger partial charge in [-0.15, -0.1) is 0 Å². The van der Waals surface area contributed by atoms with Crippen molar-refractivity contribution in [2.24, 2.45) is 0 Å². The maximum Gasteiger partial charge on any atom is 0.203 e. The van der Waals surface area contributed by atoms with Gasteiger partial charge in [-0.05, 0) is 27.7 Å². The molecule has 17 heavy (non-hydrogen) atoms. The fraction of sp³-hybridized carbons (Fsp3) is 0.385. The van der Waals surface area contributed by atoms with Gasteiger partial charge in [-0.3, -0.25) is 0 Å². The first kappa shape index (κ1) is 12.0. The third kappa shape index (κ3) is 3.27. The van der Waals surface area contributed by atoms with E-state index in [9.17, 15) is 0 Å². The smallest absolute Gasteiger partial charge is 0.203 e. The zero-order valence-corrected chi connectivity index (χ0v) is 11.4. The molecular weight excluding hydrogens is 230 g/mol. The lowest BCUT2D eigenvalue weighted by Gasteiger charge is -2.18. The molecule has 0 saturated carbocycles. The lowest BCUT2D eigenvalue weighted by molar-refractivity contribution is 0.633. The van der Waals surface area contributed by atoms with E-state index in [0.29, 0.717) is 0 Å². The average molecular weight is 247 g/mol. The summed E-state index contributed by atoms with van der Waals surface area (Å²) in [6, 6.07) is 8.26. The molecule has 0 aliphatic heterocycles. The van der Waals surface area contributed by atoms with Crippen LogP contribution in [-0.4, -0.2) is 14.9 Å². The normalized spacial score (nSPS) is 11.5. The number of hydrogen-bond acceptors (Lipinski definition) is 4. The van der Waals surface area contributed by atoms with Crippen LogP contribution >= 0.6 is 11.5 Å². The van der Waals surface area contributed by atoms with E-state index in [1.807, 2.05) is 0 Å². The second-order valence-electron chi connectivity index (χ2n) is 5.16. The third-order valence-corrected chi connectivity index (χ3v) is 2.85. The Morgan fingerprint density at radius 3 is 2.35 bits per heavy atom. The minimum atomic E-state index is 0.0179. The summed E-state index contributed by atoms with van der Waals surface area (Å²) in [6.45, 7) is 8.41. The van der Waals surface area contributed by atoms with Gasteiger partial charge in [0.2, 0.25) is 5.13 Å². The van der Waals surface area contributed by atoms with Crippen LogP contribution in [-0.2, 0) is 0 Å². The fourth-order valence-electron chi connectivity index (χ4n) is 1.41. The van der Waals surface area contributed by atoms with Crippen molar-refractivity contribution in [1.29, 1.82) is 0 Å². The molecule has 90 valence electrons. The molecule has 0 fully saturated rings. The van der Waals surface area contributed by atoms with Crippen molar-refractivity contribution < 1.29 is 0 Å². The molecule has 0 atom stereocenters. The number of nitrogens with zero attached hydrogens (tertiary/aromatic N) is 2. The van der Waals surface area contributed by atoms with Gasteiger partial charge < -0.3 is 5.32 Å². The first-order valence-electron chi connectivity index (χ1n) is 5.63. The molecule has 0 saturated heterocycles. The van der Waals surface area contributed by atoms with E-state index < -0.39 is 0 Å². The number of rotatable bonds is 2. The van der Waals surface area contributed by atoms with Crippen LogP contribution in [0.25, 0.3) is 11.4 Å². The van der Waals surface area contributed by atoms with E-state index in [0.717, 1.165) is 16.5 Å². The molecule has 0 spiro atoms. The summed E-state index contributed by atoms with van der Waals surface area (Å²) < 4.78 is 4.37. The first-order chi connectivity index (χ1) is 7.94. The minimum Gasteiger partial charge on any atom is -0.356 e. The van der Waals surface area contributed by atoms with Crippen LogP contribution in [0.3, 0.4) is 0 Å². The number of aryl methyl sites for hydroxylation is 1. The minimum absolute atomic E-state index is 0.0179. The van der Waals surface area contributed by atoms with Crippen LogP contribution in [0.1, 0.15) is 26.3 Å². The van der Waals surface area contributed by atoms with Crippen LogP contribution in [0.4, 0.5) is 5.13 Å². The number of hydrogen-bond donors (Lipinski definition) is 1. The first-order valence-corrected chi connectivity index (χ1v) is 6.40. The van der Waals surface area contributed by atoms with Crippen molar-refractivity contribution in [3.05, 3.63) is 29.8 Å². The maximum atomic E-state index is 4.49. The number of anilines is 1. The second-order valence-corrected chi connectivity index (χ2v) is 5.92. The lowest BCUT2D eigenvalue weighted by atomic mass is 10.1. The Morgan fingerprint density at radius 1 is 1.12 bits per heavy atom. The van der Waals surface area contributed by atoms with Gasteiger partial charge in [-0.2, -0.15) is 9.36 Å². The Morgan fingerprint density at radius 2 is 1.76 bits per heavy atom. The topological polar surface area (TPSA) is 37.8 Å². The Balaban J connectivity index is 2.21. The molecule has 0 aliphatic rings. The molecule has 0 radical (unpaired) electrons. The molecule has 4 heteroatoms. The van der Waals surface area contributed by atoms with Crippen molar-refractivity contribution in [3.63, 3.8) is 0 Å². The van der Waals surface area contributed by atoms with E-state index in [2.05, 4.69) is 66.6 Å². The van der Waals surface area contributed by atoms with Gasteiger partial charge in [-0.1, -0.05) is 29.8 Å². The highest BCUT2D eigenvalue weighted by Gasteiger charge is 2.13. The Bertz CT molecular complexity index is 494. The van der Waals surface area contributed by atoms with Crippen molar-refractivity contribution in [3.8, 4) is 11.4 Å². The van der Waals surface area contributed by atoms with E-state index in [-0.39, 0.29) is 5.54 Å². The lowest BCUT2D eigenvalue weighted by Crippen LogP contribution is -2.25. The van der Waals surface area contributed by atoms with Crippen LogP contribution < -0.4 is 5.32 Å². The number of nitrogens with one attached hydrogen (secondary N) is 1. The number of benzene rings is 1. The van der Waals surface area contributed by atoms with E-state index in [4.69, 9.17) is 0 Å². The molecule has 0 aliphatic carbocycles. The fourth-order valence-corrected chi connectivity index (χ4v) is 2.21. The monoisotopic (exact) mass is 247 g/mol. The Hall–Kier alpha value is -1.42. The van der Waals surface area contributed by atoms with Crippen molar-refractivity contribution in [1.82, 2.24) is 9.36 Å². The highest BCUT2D eigenvalue weighted by atomic mass is 32.1. The third-order valence-electron chi connectivity index (χ3n) is 2.22. The predicted molar refractivity (Wildman–Crippen MR) is 73.5 cm³/mol. The largest absolute Gasteiger partial charge is 0.356 e. The number of aromatic nitrogens is 2. The Kier molecular flexibility index (Phi) is 3.15. The summed E-state index contributed by atoms with van der Waals surface area (Å²) >= 11 is 1.40. The summed E-state index contributed by atoms with van der Waals surface area (Å²) in [6.07, 6.45) is 0. The molecule has 0 amide bonds. The zero-order valence-electron chi connectivity index (χ0n) is 10.6. The van der Waals surface area contributed by atoms with Crippen molar-refractivity contribution in [2.45, 2.75) is 33.2 Å². The highest BCUT2D eigenvalue weighted by Crippen LogP contribution is 2.23. The summed E-state index contributed by atoms with van der Waals surface area (Å²) in [4.78, 5) is 4.49. The quantitative estimate of drug-likeness (QED) is 0.878. The summed E-state index contributed by atoms with van der Waals surface area (Å²) in [7, 11) is 0. The standard InChI is InChI=1S/C13H17N3S/c1-9-5-7-10(8-6-9)11-14-12(17-16-11)15-13(2,3)4/h5-8H,1-4H3,(H,14,15,16). The van der Waals surface area contributed by atoms with Crippen LogP contribution in [0, 0.1) is 6.92 Å². The molecule has 0 bridgehead atoms. The zero-order chi connectivity index (χ0) is 12.5. The molecule has 2 aromatic rings. The van der Waals surface area contributed by atoms with E-state index >= 15 is 0 Å². The summed E-state index contributed by atoms with van der Waals surface area (Å²) in [5, 5.41) is 4.20. The van der Waals surface area contributed by atoms with Crippen LogP contribution in [0.2, 0.25) is 0 Å². The molecule has 1 aromatic heterocycles. The van der Waals surface area contributed by atoms with Crippen molar-refractivity contribution in [2.75, 3.05) is 5.32 Å². The average Bonchev–Trinajstić information content (AvgIpc) is 2.64. The van der Waals surface area contributed by atoms with E-state index in [1.54, 1.807) is 0 Å². The molecule has 1 N–H and O–H groups in total. The molecule has 1 aromatic carbocycles. The predicted octanol–water partition coefficient (Wildman–Crippen LogP) is 3.72. The van der Waals surface area contributed by atoms with E-state index in [1.165, 1.54) is 17.1 Å². The van der Waals surface area contributed by atoms with Gasteiger partial charge in [0, 0.05) is 22.6 Å². The van der Waals surface area contributed by atoms with Gasteiger partial charge in [0.25, 0.3) is 0 Å². The second kappa shape index (κ2) is 4.45. The molecule has 0 unspecified atom stereocenters. The Labute approximate surface area is 106 Å². The maximum absolute atomic E-state index is 4.49. The summed E-state index contributed by atoms with van der Waals surface area (Å²) in [5.41, 5.74) is 2.33. The van der Waals surface area contributed by atoms with Crippen LogP contribution in [0.15, 0.2) is 24.3 Å². The van der Waals surface area contributed by atoms with Gasteiger partial charge in [-0.25, -0.2) is 0 Å². The van der Waals surface area contributed by atoms with Crippen LogP contribution in [0.5, 0.6) is 0 Å². The van der Waals surface area contributed by atoms with Gasteiger partial charge in [0.05, 0.1) is 0 Å². The molecule has 1 heterocycles.